The van der Waals surface area contributed by atoms with E-state index in [1.165, 1.54) is 38.5 Å². The quantitative estimate of drug-likeness (QED) is 0.776. The standard InChI is InChI=1S/C17H33NO/c1-13(2)14-6-5-7-15(9-8-14)18-16-10-11-19-17(3,4)12-16/h13-16,18H,5-12H2,1-4H3. The molecule has 1 heterocycles. The zero-order chi connectivity index (χ0) is 13.9. The minimum absolute atomic E-state index is 0.0705. The Bertz CT molecular complexity index is 274. The third kappa shape index (κ3) is 4.75. The molecule has 0 aromatic carbocycles. The van der Waals surface area contributed by atoms with E-state index < -0.39 is 0 Å². The normalized spacial score (nSPS) is 36.2. The van der Waals surface area contributed by atoms with Gasteiger partial charge in [0.1, 0.15) is 0 Å². The van der Waals surface area contributed by atoms with Crippen LogP contribution in [0.4, 0.5) is 0 Å². The van der Waals surface area contributed by atoms with Gasteiger partial charge in [0.25, 0.3) is 0 Å². The van der Waals surface area contributed by atoms with E-state index in [2.05, 4.69) is 33.0 Å². The Hall–Kier alpha value is -0.0800. The molecule has 2 rings (SSSR count). The first kappa shape index (κ1) is 15.3. The summed E-state index contributed by atoms with van der Waals surface area (Å²) in [6.07, 6.45) is 9.37. The van der Waals surface area contributed by atoms with E-state index >= 15 is 0 Å². The maximum atomic E-state index is 5.82. The molecule has 1 aliphatic carbocycles. The molecule has 2 fully saturated rings. The van der Waals surface area contributed by atoms with Gasteiger partial charge in [-0.25, -0.2) is 0 Å². The Morgan fingerprint density at radius 3 is 2.47 bits per heavy atom. The molecule has 3 atom stereocenters. The van der Waals surface area contributed by atoms with Crippen LogP contribution in [-0.4, -0.2) is 24.3 Å². The molecule has 1 saturated carbocycles. The van der Waals surface area contributed by atoms with Crippen molar-refractivity contribution in [3.05, 3.63) is 0 Å². The Labute approximate surface area is 119 Å². The van der Waals surface area contributed by atoms with Crippen LogP contribution in [-0.2, 0) is 4.74 Å². The summed E-state index contributed by atoms with van der Waals surface area (Å²) in [6, 6.07) is 1.42. The highest BCUT2D eigenvalue weighted by atomic mass is 16.5. The fraction of sp³-hybridized carbons (Fsp3) is 1.00. The van der Waals surface area contributed by atoms with Gasteiger partial charge in [-0.1, -0.05) is 26.7 Å². The second kappa shape index (κ2) is 6.58. The van der Waals surface area contributed by atoms with Crippen LogP contribution >= 0.6 is 0 Å². The highest BCUT2D eigenvalue weighted by Gasteiger charge is 2.30. The van der Waals surface area contributed by atoms with E-state index in [1.807, 2.05) is 0 Å². The van der Waals surface area contributed by atoms with E-state index in [4.69, 9.17) is 4.74 Å². The Morgan fingerprint density at radius 1 is 1.00 bits per heavy atom. The van der Waals surface area contributed by atoms with Gasteiger partial charge < -0.3 is 10.1 Å². The van der Waals surface area contributed by atoms with Crippen LogP contribution in [0.3, 0.4) is 0 Å². The third-order valence-electron chi connectivity index (χ3n) is 5.12. The van der Waals surface area contributed by atoms with Gasteiger partial charge in [-0.05, 0) is 57.8 Å². The Kier molecular flexibility index (Phi) is 5.30. The molecule has 0 bridgehead atoms. The number of rotatable bonds is 3. The van der Waals surface area contributed by atoms with Crippen molar-refractivity contribution in [3.8, 4) is 0 Å². The molecular formula is C17H33NO. The Morgan fingerprint density at radius 2 is 1.79 bits per heavy atom. The van der Waals surface area contributed by atoms with Crippen LogP contribution in [0, 0.1) is 11.8 Å². The first-order valence-electron chi connectivity index (χ1n) is 8.36. The lowest BCUT2D eigenvalue weighted by Gasteiger charge is -2.37. The van der Waals surface area contributed by atoms with E-state index in [9.17, 15) is 0 Å². The molecule has 0 spiro atoms. The lowest BCUT2D eigenvalue weighted by molar-refractivity contribution is -0.0643. The van der Waals surface area contributed by atoms with Gasteiger partial charge >= 0.3 is 0 Å². The van der Waals surface area contributed by atoms with Crippen molar-refractivity contribution >= 4 is 0 Å². The second-order valence-electron chi connectivity index (χ2n) is 7.67. The van der Waals surface area contributed by atoms with Gasteiger partial charge in [0.05, 0.1) is 5.60 Å². The van der Waals surface area contributed by atoms with Crippen molar-refractivity contribution in [2.24, 2.45) is 11.8 Å². The van der Waals surface area contributed by atoms with Crippen molar-refractivity contribution in [1.29, 1.82) is 0 Å². The van der Waals surface area contributed by atoms with Gasteiger partial charge in [-0.2, -0.15) is 0 Å². The van der Waals surface area contributed by atoms with Crippen molar-refractivity contribution in [1.82, 2.24) is 5.32 Å². The monoisotopic (exact) mass is 267 g/mol. The molecule has 2 aliphatic rings. The lowest BCUT2D eigenvalue weighted by Crippen LogP contribution is -2.47. The topological polar surface area (TPSA) is 21.3 Å². The average Bonchev–Trinajstić information content (AvgIpc) is 2.53. The number of ether oxygens (including phenoxy) is 1. The lowest BCUT2D eigenvalue weighted by atomic mass is 9.89. The highest BCUT2D eigenvalue weighted by Crippen LogP contribution is 2.30. The minimum atomic E-state index is 0.0705. The van der Waals surface area contributed by atoms with Crippen LogP contribution in [0.15, 0.2) is 0 Å². The summed E-state index contributed by atoms with van der Waals surface area (Å²) < 4.78 is 5.82. The van der Waals surface area contributed by atoms with Crippen LogP contribution in [0.5, 0.6) is 0 Å². The van der Waals surface area contributed by atoms with Crippen LogP contribution in [0.25, 0.3) is 0 Å². The molecule has 0 aromatic heterocycles. The van der Waals surface area contributed by atoms with Crippen LogP contribution in [0.1, 0.15) is 72.6 Å². The largest absolute Gasteiger partial charge is 0.375 e. The van der Waals surface area contributed by atoms with E-state index in [0.717, 1.165) is 30.9 Å². The van der Waals surface area contributed by atoms with Crippen LogP contribution < -0.4 is 5.32 Å². The number of hydrogen-bond donors (Lipinski definition) is 1. The summed E-state index contributed by atoms with van der Waals surface area (Å²) in [5, 5.41) is 3.93. The minimum Gasteiger partial charge on any atom is -0.375 e. The molecule has 1 saturated heterocycles. The molecule has 3 unspecified atom stereocenters. The summed E-state index contributed by atoms with van der Waals surface area (Å²) in [7, 11) is 0. The molecule has 2 heteroatoms. The van der Waals surface area contributed by atoms with Crippen molar-refractivity contribution in [2.75, 3.05) is 6.61 Å². The SMILES string of the molecule is CC(C)C1CCCC(NC2CCOC(C)(C)C2)CC1. The Balaban J connectivity index is 1.79. The second-order valence-corrected chi connectivity index (χ2v) is 7.67. The summed E-state index contributed by atoms with van der Waals surface area (Å²) in [6.45, 7) is 10.1. The van der Waals surface area contributed by atoms with Gasteiger partial charge in [0.15, 0.2) is 0 Å². The molecule has 1 aliphatic heterocycles. The first-order valence-corrected chi connectivity index (χ1v) is 8.36. The van der Waals surface area contributed by atoms with E-state index in [0.29, 0.717) is 6.04 Å². The fourth-order valence-corrected chi connectivity index (χ4v) is 3.87. The number of hydrogen-bond acceptors (Lipinski definition) is 2. The van der Waals surface area contributed by atoms with Gasteiger partial charge in [0, 0.05) is 18.7 Å². The smallest absolute Gasteiger partial charge is 0.0641 e. The maximum Gasteiger partial charge on any atom is 0.0641 e. The molecule has 112 valence electrons. The first-order chi connectivity index (χ1) is 8.96. The average molecular weight is 267 g/mol. The predicted molar refractivity (Wildman–Crippen MR) is 81.4 cm³/mol. The van der Waals surface area contributed by atoms with E-state index in [-0.39, 0.29) is 5.60 Å². The summed E-state index contributed by atoms with van der Waals surface area (Å²) in [5.74, 6) is 1.82. The van der Waals surface area contributed by atoms with Crippen molar-refractivity contribution in [2.45, 2.75) is 90.3 Å². The molecule has 0 aromatic rings. The van der Waals surface area contributed by atoms with Crippen molar-refractivity contribution in [3.63, 3.8) is 0 Å². The molecule has 2 nitrogen and oxygen atoms in total. The van der Waals surface area contributed by atoms with E-state index in [1.54, 1.807) is 0 Å². The summed E-state index contributed by atoms with van der Waals surface area (Å²) >= 11 is 0. The van der Waals surface area contributed by atoms with Crippen LogP contribution in [0.2, 0.25) is 0 Å². The molecule has 1 N–H and O–H groups in total. The van der Waals surface area contributed by atoms with Gasteiger partial charge in [-0.3, -0.25) is 0 Å². The molecular weight excluding hydrogens is 234 g/mol. The molecule has 0 radical (unpaired) electrons. The van der Waals surface area contributed by atoms with Gasteiger partial charge in [-0.15, -0.1) is 0 Å². The number of nitrogens with one attached hydrogen (secondary N) is 1. The molecule has 19 heavy (non-hydrogen) atoms. The zero-order valence-electron chi connectivity index (χ0n) is 13.4. The zero-order valence-corrected chi connectivity index (χ0v) is 13.4. The summed E-state index contributed by atoms with van der Waals surface area (Å²) in [5.41, 5.74) is 0.0705. The third-order valence-corrected chi connectivity index (χ3v) is 5.12. The van der Waals surface area contributed by atoms with Crippen molar-refractivity contribution < 1.29 is 4.74 Å². The fourth-order valence-electron chi connectivity index (χ4n) is 3.87. The maximum absolute atomic E-state index is 5.82. The highest BCUT2D eigenvalue weighted by molar-refractivity contribution is 4.86. The molecule has 0 amide bonds. The summed E-state index contributed by atoms with van der Waals surface area (Å²) in [4.78, 5) is 0. The van der Waals surface area contributed by atoms with Gasteiger partial charge in [0.2, 0.25) is 0 Å². The predicted octanol–water partition coefficient (Wildman–Crippen LogP) is 4.14.